The Kier molecular flexibility index (Phi) is 4.11. The van der Waals surface area contributed by atoms with Crippen LogP contribution in [0.4, 0.5) is 0 Å². The van der Waals surface area contributed by atoms with E-state index in [0.717, 1.165) is 10.8 Å². The van der Waals surface area contributed by atoms with Crippen LogP contribution in [0, 0.1) is 6.92 Å². The fourth-order valence-electron chi connectivity index (χ4n) is 1.49. The SMILES string of the molecule is COc1ccc(C)cc1[Se]c1ccc(Cl)cc1. The Bertz CT molecular complexity index is 508. The molecule has 88 valence electrons. The zero-order chi connectivity index (χ0) is 12.3. The van der Waals surface area contributed by atoms with Gasteiger partial charge in [0.25, 0.3) is 0 Å². The maximum atomic E-state index is 5.88. The Labute approximate surface area is 113 Å². The summed E-state index contributed by atoms with van der Waals surface area (Å²) < 4.78 is 7.95. The molecule has 0 N–H and O–H groups in total. The van der Waals surface area contributed by atoms with E-state index >= 15 is 0 Å². The molecule has 3 heteroatoms. The van der Waals surface area contributed by atoms with E-state index in [0.29, 0.717) is 0 Å². The molecule has 1 nitrogen and oxygen atoms in total. The quantitative estimate of drug-likeness (QED) is 0.791. The molecule has 0 aliphatic rings. The Morgan fingerprint density at radius 3 is 2.41 bits per heavy atom. The van der Waals surface area contributed by atoms with Crippen molar-refractivity contribution in [1.82, 2.24) is 0 Å². The Morgan fingerprint density at radius 1 is 1.06 bits per heavy atom. The minimum atomic E-state index is 0.252. The number of hydrogen-bond donors (Lipinski definition) is 0. The normalized spacial score (nSPS) is 10.3. The maximum absolute atomic E-state index is 5.88. The monoisotopic (exact) mass is 312 g/mol. The van der Waals surface area contributed by atoms with E-state index in [-0.39, 0.29) is 15.0 Å². The fraction of sp³-hybridized carbons (Fsp3) is 0.143. The fourth-order valence-corrected chi connectivity index (χ4v) is 3.77. The number of methoxy groups -OCH3 is 1. The number of benzene rings is 2. The Balaban J connectivity index is 2.28. The molecule has 0 atom stereocenters. The Hall–Kier alpha value is -0.951. The van der Waals surface area contributed by atoms with E-state index < -0.39 is 0 Å². The van der Waals surface area contributed by atoms with Gasteiger partial charge in [0, 0.05) is 0 Å². The number of halogens is 1. The minimum absolute atomic E-state index is 0.252. The summed E-state index contributed by atoms with van der Waals surface area (Å²) in [7, 11) is 1.71. The average molecular weight is 312 g/mol. The molecule has 0 saturated carbocycles. The third-order valence-corrected chi connectivity index (χ3v) is 4.81. The predicted octanol–water partition coefficient (Wildman–Crippen LogP) is 2.31. The predicted molar refractivity (Wildman–Crippen MR) is 74.2 cm³/mol. The van der Waals surface area contributed by atoms with Crippen molar-refractivity contribution in [3.05, 3.63) is 53.1 Å². The zero-order valence-corrected chi connectivity index (χ0v) is 12.2. The molecular weight excluding hydrogens is 299 g/mol. The van der Waals surface area contributed by atoms with Crippen molar-refractivity contribution in [2.75, 3.05) is 7.11 Å². The summed E-state index contributed by atoms with van der Waals surface area (Å²) in [5, 5.41) is 0.778. The van der Waals surface area contributed by atoms with Crippen molar-refractivity contribution in [3.63, 3.8) is 0 Å². The second-order valence-corrected chi connectivity index (χ2v) is 6.49. The molecule has 2 rings (SSSR count). The summed E-state index contributed by atoms with van der Waals surface area (Å²) in [6.07, 6.45) is 0. The van der Waals surface area contributed by atoms with Crippen LogP contribution in [0.5, 0.6) is 5.75 Å². The van der Waals surface area contributed by atoms with Crippen molar-refractivity contribution in [3.8, 4) is 5.75 Å². The molecule has 0 fully saturated rings. The molecule has 17 heavy (non-hydrogen) atoms. The molecule has 0 aliphatic carbocycles. The van der Waals surface area contributed by atoms with Gasteiger partial charge in [0.1, 0.15) is 0 Å². The molecule has 2 aromatic carbocycles. The van der Waals surface area contributed by atoms with E-state index in [1.165, 1.54) is 14.5 Å². The van der Waals surface area contributed by atoms with Crippen LogP contribution in [0.2, 0.25) is 5.02 Å². The van der Waals surface area contributed by atoms with Crippen molar-refractivity contribution in [2.24, 2.45) is 0 Å². The molecule has 0 aliphatic heterocycles. The molecule has 0 saturated heterocycles. The van der Waals surface area contributed by atoms with E-state index in [2.05, 4.69) is 31.2 Å². The van der Waals surface area contributed by atoms with Gasteiger partial charge in [-0.1, -0.05) is 0 Å². The van der Waals surface area contributed by atoms with Crippen molar-refractivity contribution >= 4 is 35.5 Å². The van der Waals surface area contributed by atoms with Gasteiger partial charge in [-0.15, -0.1) is 0 Å². The molecule has 0 heterocycles. The van der Waals surface area contributed by atoms with Crippen LogP contribution in [-0.4, -0.2) is 22.1 Å². The molecule has 2 aromatic rings. The van der Waals surface area contributed by atoms with Gasteiger partial charge < -0.3 is 0 Å². The topological polar surface area (TPSA) is 9.23 Å². The molecule has 0 bridgehead atoms. The van der Waals surface area contributed by atoms with Crippen LogP contribution in [0.3, 0.4) is 0 Å². The van der Waals surface area contributed by atoms with E-state index in [9.17, 15) is 0 Å². The third-order valence-electron chi connectivity index (χ3n) is 2.36. The van der Waals surface area contributed by atoms with Crippen LogP contribution >= 0.6 is 11.6 Å². The van der Waals surface area contributed by atoms with Crippen LogP contribution in [0.1, 0.15) is 5.56 Å². The molecule has 0 aromatic heterocycles. The number of ether oxygens (including phenoxy) is 1. The second kappa shape index (κ2) is 5.59. The van der Waals surface area contributed by atoms with E-state index in [1.54, 1.807) is 7.11 Å². The molecular formula is C14H13ClOSe. The zero-order valence-electron chi connectivity index (χ0n) is 9.74. The van der Waals surface area contributed by atoms with E-state index in [1.807, 2.05) is 18.2 Å². The van der Waals surface area contributed by atoms with Gasteiger partial charge in [-0.2, -0.15) is 0 Å². The summed E-state index contributed by atoms with van der Waals surface area (Å²) in [5.41, 5.74) is 1.26. The first-order valence-electron chi connectivity index (χ1n) is 5.27. The van der Waals surface area contributed by atoms with Crippen molar-refractivity contribution in [2.45, 2.75) is 6.92 Å². The molecule has 0 unspecified atom stereocenters. The summed E-state index contributed by atoms with van der Waals surface area (Å²) >= 11 is 6.13. The van der Waals surface area contributed by atoms with Crippen molar-refractivity contribution in [1.29, 1.82) is 0 Å². The number of hydrogen-bond acceptors (Lipinski definition) is 1. The molecule has 0 radical (unpaired) electrons. The molecule has 0 amide bonds. The van der Waals surface area contributed by atoms with Gasteiger partial charge >= 0.3 is 113 Å². The summed E-state index contributed by atoms with van der Waals surface area (Å²) in [4.78, 5) is 0. The summed E-state index contributed by atoms with van der Waals surface area (Å²) in [6, 6.07) is 14.3. The number of aryl methyl sites for hydroxylation is 1. The summed E-state index contributed by atoms with van der Waals surface area (Å²) in [6.45, 7) is 2.10. The van der Waals surface area contributed by atoms with Gasteiger partial charge in [0.05, 0.1) is 0 Å². The van der Waals surface area contributed by atoms with E-state index in [4.69, 9.17) is 16.3 Å². The second-order valence-electron chi connectivity index (χ2n) is 3.71. The third kappa shape index (κ3) is 3.26. The van der Waals surface area contributed by atoms with Crippen LogP contribution in [-0.2, 0) is 0 Å². The van der Waals surface area contributed by atoms with Crippen LogP contribution < -0.4 is 13.7 Å². The van der Waals surface area contributed by atoms with Gasteiger partial charge in [0.15, 0.2) is 0 Å². The Morgan fingerprint density at radius 2 is 1.76 bits per heavy atom. The first-order chi connectivity index (χ1) is 8.19. The van der Waals surface area contributed by atoms with Gasteiger partial charge in [-0.05, 0) is 0 Å². The molecule has 0 spiro atoms. The standard InChI is InChI=1S/C14H13ClOSe/c1-10-3-8-13(16-2)14(9-10)17-12-6-4-11(15)5-7-12/h3-9H,1-2H3. The van der Waals surface area contributed by atoms with Crippen LogP contribution in [0.15, 0.2) is 42.5 Å². The first-order valence-corrected chi connectivity index (χ1v) is 7.36. The van der Waals surface area contributed by atoms with Crippen molar-refractivity contribution < 1.29 is 4.74 Å². The van der Waals surface area contributed by atoms with Gasteiger partial charge in [-0.3, -0.25) is 0 Å². The number of rotatable bonds is 3. The summed E-state index contributed by atoms with van der Waals surface area (Å²) in [5.74, 6) is 0.963. The van der Waals surface area contributed by atoms with Gasteiger partial charge in [-0.25, -0.2) is 0 Å². The van der Waals surface area contributed by atoms with Crippen LogP contribution in [0.25, 0.3) is 0 Å². The first kappa shape index (κ1) is 12.5. The van der Waals surface area contributed by atoms with Gasteiger partial charge in [0.2, 0.25) is 0 Å². The average Bonchev–Trinajstić information content (AvgIpc) is 2.32.